The molecule has 1 heterocycles. The van der Waals surface area contributed by atoms with Gasteiger partial charge in [0.15, 0.2) is 0 Å². The first-order valence-corrected chi connectivity index (χ1v) is 6.77. The molecule has 0 aromatic heterocycles. The van der Waals surface area contributed by atoms with Crippen LogP contribution >= 0.6 is 0 Å². The van der Waals surface area contributed by atoms with Crippen LogP contribution in [0.1, 0.15) is 33.6 Å². The zero-order valence-electron chi connectivity index (χ0n) is 12.1. The Morgan fingerprint density at radius 3 is 2.45 bits per heavy atom. The molecule has 0 aliphatic carbocycles. The van der Waals surface area contributed by atoms with Crippen LogP contribution in [0.3, 0.4) is 0 Å². The van der Waals surface area contributed by atoms with Crippen LogP contribution in [0.5, 0.6) is 0 Å². The van der Waals surface area contributed by atoms with E-state index in [4.69, 9.17) is 5.73 Å². The number of rotatable bonds is 5. The molecule has 1 aliphatic rings. The van der Waals surface area contributed by atoms with Crippen LogP contribution < -0.4 is 11.1 Å². The topological polar surface area (TPSA) is 113 Å². The van der Waals surface area contributed by atoms with Crippen LogP contribution in [0, 0.1) is 5.92 Å². The van der Waals surface area contributed by atoms with Gasteiger partial charge in [-0.2, -0.15) is 0 Å². The fraction of sp³-hybridized carbons (Fsp3) is 0.769. The summed E-state index contributed by atoms with van der Waals surface area (Å²) >= 11 is 0. The van der Waals surface area contributed by atoms with Gasteiger partial charge in [-0.3, -0.25) is 14.4 Å². The van der Waals surface area contributed by atoms with Crippen LogP contribution in [0.25, 0.3) is 0 Å². The molecule has 3 atom stereocenters. The molecule has 7 heteroatoms. The average Bonchev–Trinajstić information content (AvgIpc) is 2.69. The summed E-state index contributed by atoms with van der Waals surface area (Å²) in [6, 6.07) is -1.49. The predicted molar refractivity (Wildman–Crippen MR) is 72.4 cm³/mol. The highest BCUT2D eigenvalue weighted by Crippen LogP contribution is 2.18. The van der Waals surface area contributed by atoms with Crippen molar-refractivity contribution in [2.24, 2.45) is 11.7 Å². The zero-order valence-corrected chi connectivity index (χ0v) is 12.1. The third-order valence-corrected chi connectivity index (χ3v) is 3.35. The van der Waals surface area contributed by atoms with Crippen molar-refractivity contribution < 1.29 is 19.5 Å². The van der Waals surface area contributed by atoms with Gasteiger partial charge in [-0.15, -0.1) is 0 Å². The minimum Gasteiger partial charge on any atom is -0.391 e. The van der Waals surface area contributed by atoms with Crippen molar-refractivity contribution in [2.75, 3.05) is 6.54 Å². The van der Waals surface area contributed by atoms with Gasteiger partial charge in [-0.25, -0.2) is 0 Å². The van der Waals surface area contributed by atoms with E-state index in [2.05, 4.69) is 5.32 Å². The Bertz CT molecular complexity index is 397. The molecule has 20 heavy (non-hydrogen) atoms. The van der Waals surface area contributed by atoms with Crippen molar-refractivity contribution in [3.63, 3.8) is 0 Å². The van der Waals surface area contributed by atoms with Crippen molar-refractivity contribution in [2.45, 2.75) is 51.8 Å². The minimum absolute atomic E-state index is 0.138. The van der Waals surface area contributed by atoms with Gasteiger partial charge in [0.2, 0.25) is 17.7 Å². The summed E-state index contributed by atoms with van der Waals surface area (Å²) in [6.45, 7) is 5.32. The molecular formula is C13H23N3O4. The summed E-state index contributed by atoms with van der Waals surface area (Å²) in [6.07, 6.45) is -0.0959. The summed E-state index contributed by atoms with van der Waals surface area (Å²) in [5.41, 5.74) is 5.27. The molecule has 0 bridgehead atoms. The van der Waals surface area contributed by atoms with Gasteiger partial charge in [0, 0.05) is 19.9 Å². The van der Waals surface area contributed by atoms with Crippen LogP contribution in [0.4, 0.5) is 0 Å². The maximum atomic E-state index is 12.2. The minimum atomic E-state index is -0.756. The lowest BCUT2D eigenvalue weighted by molar-refractivity contribution is -0.138. The highest BCUT2D eigenvalue weighted by molar-refractivity contribution is 5.91. The molecule has 0 aromatic rings. The summed E-state index contributed by atoms with van der Waals surface area (Å²) in [5.74, 6) is -1.12. The molecule has 0 aromatic carbocycles. The van der Waals surface area contributed by atoms with Gasteiger partial charge < -0.3 is 21.1 Å². The lowest BCUT2D eigenvalue weighted by Crippen LogP contribution is -2.52. The van der Waals surface area contributed by atoms with Gasteiger partial charge in [-0.1, -0.05) is 13.8 Å². The Labute approximate surface area is 118 Å². The van der Waals surface area contributed by atoms with Gasteiger partial charge in [-0.05, 0) is 12.3 Å². The second kappa shape index (κ2) is 6.69. The highest BCUT2D eigenvalue weighted by atomic mass is 16.3. The number of amides is 3. The normalized spacial score (nSPS) is 23.8. The Morgan fingerprint density at radius 2 is 2.00 bits per heavy atom. The second-order valence-corrected chi connectivity index (χ2v) is 5.67. The van der Waals surface area contributed by atoms with E-state index in [0.717, 1.165) is 0 Å². The number of aliphatic hydroxyl groups is 1. The van der Waals surface area contributed by atoms with E-state index >= 15 is 0 Å². The third kappa shape index (κ3) is 4.19. The number of carbonyl (C=O) groups is 3. The van der Waals surface area contributed by atoms with Crippen molar-refractivity contribution in [3.8, 4) is 0 Å². The molecule has 4 N–H and O–H groups in total. The lowest BCUT2D eigenvalue weighted by atomic mass is 10.0. The molecule has 1 rings (SSSR count). The summed E-state index contributed by atoms with van der Waals surface area (Å²) < 4.78 is 0. The van der Waals surface area contributed by atoms with Crippen LogP contribution in [0.2, 0.25) is 0 Å². The monoisotopic (exact) mass is 285 g/mol. The Balaban J connectivity index is 2.72. The number of β-amino-alcohol motifs (C(OH)–C–C–N with tert-alkyl or cyclic N) is 1. The fourth-order valence-corrected chi connectivity index (χ4v) is 2.40. The number of nitrogens with zero attached hydrogens (tertiary/aromatic N) is 1. The standard InChI is InChI=1S/C13H23N3O4/c1-7(2)4-10(12(14)19)15-13(20)11-5-9(18)6-16(11)8(3)17/h7,9-11,18H,4-6H2,1-3H3,(H2,14,19)(H,15,20)/t9-,10+,11+/m1/s1. The number of primary amides is 1. The Kier molecular flexibility index (Phi) is 5.50. The largest absolute Gasteiger partial charge is 0.391 e. The molecule has 0 radical (unpaired) electrons. The van der Waals surface area contributed by atoms with E-state index < -0.39 is 30.0 Å². The number of aliphatic hydroxyl groups excluding tert-OH is 1. The number of hydrogen-bond acceptors (Lipinski definition) is 4. The lowest BCUT2D eigenvalue weighted by Gasteiger charge is -2.25. The molecule has 0 spiro atoms. The highest BCUT2D eigenvalue weighted by Gasteiger charge is 2.38. The second-order valence-electron chi connectivity index (χ2n) is 5.67. The van der Waals surface area contributed by atoms with Crippen molar-refractivity contribution in [3.05, 3.63) is 0 Å². The fourth-order valence-electron chi connectivity index (χ4n) is 2.40. The van der Waals surface area contributed by atoms with E-state index in [1.165, 1.54) is 11.8 Å². The quantitative estimate of drug-likeness (QED) is 0.600. The summed E-state index contributed by atoms with van der Waals surface area (Å²) in [4.78, 5) is 36.3. The molecule has 114 valence electrons. The molecular weight excluding hydrogens is 262 g/mol. The maximum absolute atomic E-state index is 12.2. The van der Waals surface area contributed by atoms with E-state index in [1.807, 2.05) is 13.8 Å². The number of likely N-dealkylation sites (tertiary alicyclic amines) is 1. The SMILES string of the molecule is CC(=O)N1C[C@H](O)C[C@H]1C(=O)N[C@@H](CC(C)C)C(N)=O. The van der Waals surface area contributed by atoms with Gasteiger partial charge in [0.25, 0.3) is 0 Å². The van der Waals surface area contributed by atoms with Crippen LogP contribution in [-0.4, -0.2) is 52.5 Å². The van der Waals surface area contributed by atoms with Gasteiger partial charge in [0.1, 0.15) is 12.1 Å². The average molecular weight is 285 g/mol. The molecule has 1 aliphatic heterocycles. The molecule has 7 nitrogen and oxygen atoms in total. The number of nitrogens with two attached hydrogens (primary N) is 1. The van der Waals surface area contributed by atoms with E-state index in [0.29, 0.717) is 6.42 Å². The first-order chi connectivity index (χ1) is 9.22. The number of nitrogens with one attached hydrogen (secondary N) is 1. The van der Waals surface area contributed by atoms with E-state index in [1.54, 1.807) is 0 Å². The first-order valence-electron chi connectivity index (χ1n) is 6.77. The van der Waals surface area contributed by atoms with Crippen molar-refractivity contribution >= 4 is 17.7 Å². The molecule has 1 saturated heterocycles. The van der Waals surface area contributed by atoms with Crippen molar-refractivity contribution in [1.29, 1.82) is 0 Å². The third-order valence-electron chi connectivity index (χ3n) is 3.35. The van der Waals surface area contributed by atoms with Crippen LogP contribution in [-0.2, 0) is 14.4 Å². The Hall–Kier alpha value is -1.63. The predicted octanol–water partition coefficient (Wildman–Crippen LogP) is -1.02. The smallest absolute Gasteiger partial charge is 0.243 e. The molecule has 3 amide bonds. The number of carbonyl (C=O) groups excluding carboxylic acids is 3. The van der Waals surface area contributed by atoms with Crippen molar-refractivity contribution in [1.82, 2.24) is 10.2 Å². The van der Waals surface area contributed by atoms with Crippen LogP contribution in [0.15, 0.2) is 0 Å². The van der Waals surface area contributed by atoms with Gasteiger partial charge in [0.05, 0.1) is 6.10 Å². The molecule has 0 saturated carbocycles. The molecule has 1 fully saturated rings. The van der Waals surface area contributed by atoms with Gasteiger partial charge >= 0.3 is 0 Å². The Morgan fingerprint density at radius 1 is 1.40 bits per heavy atom. The first kappa shape index (κ1) is 16.4. The van der Waals surface area contributed by atoms with E-state index in [-0.39, 0.29) is 24.8 Å². The van der Waals surface area contributed by atoms with E-state index in [9.17, 15) is 19.5 Å². The summed E-state index contributed by atoms with van der Waals surface area (Å²) in [5, 5.41) is 12.2. The zero-order chi connectivity index (χ0) is 15.4. The number of hydrogen-bond donors (Lipinski definition) is 3. The molecule has 0 unspecified atom stereocenters. The maximum Gasteiger partial charge on any atom is 0.243 e. The summed E-state index contributed by atoms with van der Waals surface area (Å²) in [7, 11) is 0.